The third-order valence-electron chi connectivity index (χ3n) is 5.50. The van der Waals surface area contributed by atoms with Gasteiger partial charge in [-0.3, -0.25) is 0 Å². The van der Waals surface area contributed by atoms with Crippen LogP contribution in [-0.2, 0) is 13.7 Å². The smallest absolute Gasteiger partial charge is 0.212 e. The van der Waals surface area contributed by atoms with Crippen LogP contribution >= 0.6 is 0 Å². The molecular formula is C23H26INO. The molecule has 0 radical (unpaired) electrons. The molecule has 0 aliphatic carbocycles. The van der Waals surface area contributed by atoms with Gasteiger partial charge in [0.05, 0.1) is 12.0 Å². The number of halogens is 1. The van der Waals surface area contributed by atoms with Gasteiger partial charge in [0.15, 0.2) is 6.20 Å². The number of nitrogens with zero attached hydrogens (tertiary/aromatic N) is 1. The van der Waals surface area contributed by atoms with Gasteiger partial charge >= 0.3 is 0 Å². The lowest BCUT2D eigenvalue weighted by atomic mass is 9.88. The summed E-state index contributed by atoms with van der Waals surface area (Å²) in [6, 6.07) is 10.6. The molecule has 3 rings (SSSR count). The van der Waals surface area contributed by atoms with Crippen LogP contribution in [0.3, 0.4) is 0 Å². The molecule has 0 saturated carbocycles. The van der Waals surface area contributed by atoms with Crippen molar-refractivity contribution >= 4 is 23.1 Å². The number of fused-ring (bicyclic) bond motifs is 1. The van der Waals surface area contributed by atoms with E-state index in [1.807, 2.05) is 0 Å². The zero-order valence-corrected chi connectivity index (χ0v) is 18.3. The van der Waals surface area contributed by atoms with Crippen LogP contribution in [-0.4, -0.2) is 5.11 Å². The summed E-state index contributed by atoms with van der Waals surface area (Å²) in [6.07, 6.45) is 6.52. The van der Waals surface area contributed by atoms with Gasteiger partial charge in [0, 0.05) is 12.1 Å². The zero-order chi connectivity index (χ0) is 18.1. The number of aromatic nitrogens is 1. The standard InChI is InChI=1S/C23H26NO.HI/c1-15-17(3)22(14-25)18(4)16(2)20(15)11-10-19-12-13-24(5)23-9-7-6-8-21(19)23;/h6-13,25H,14H2,1-5H3;1H/q+1;/p-1/b11-10+;. The van der Waals surface area contributed by atoms with Crippen molar-refractivity contribution in [1.82, 2.24) is 0 Å². The second-order valence-corrected chi connectivity index (χ2v) is 6.78. The predicted molar refractivity (Wildman–Crippen MR) is 105 cm³/mol. The maximum Gasteiger partial charge on any atom is 0.212 e. The van der Waals surface area contributed by atoms with Crippen molar-refractivity contribution in [2.24, 2.45) is 7.05 Å². The molecule has 2 nitrogen and oxygen atoms in total. The first kappa shape index (κ1) is 20.6. The molecule has 0 aliphatic rings. The Morgan fingerprint density at radius 1 is 0.885 bits per heavy atom. The molecule has 0 atom stereocenters. The second kappa shape index (κ2) is 8.31. The summed E-state index contributed by atoms with van der Waals surface area (Å²) in [5.41, 5.74) is 9.62. The van der Waals surface area contributed by atoms with E-state index < -0.39 is 0 Å². The monoisotopic (exact) mass is 459 g/mol. The highest BCUT2D eigenvalue weighted by molar-refractivity contribution is 5.89. The normalized spacial score (nSPS) is 11.2. The largest absolute Gasteiger partial charge is 1.00 e. The summed E-state index contributed by atoms with van der Waals surface area (Å²) in [6.45, 7) is 8.59. The number of pyridine rings is 1. The van der Waals surface area contributed by atoms with E-state index in [0.29, 0.717) is 0 Å². The molecule has 0 saturated heterocycles. The molecular weight excluding hydrogens is 433 g/mol. The van der Waals surface area contributed by atoms with Crippen molar-refractivity contribution in [2.75, 3.05) is 0 Å². The minimum Gasteiger partial charge on any atom is -1.00 e. The van der Waals surface area contributed by atoms with E-state index in [0.717, 1.165) is 5.56 Å². The van der Waals surface area contributed by atoms with E-state index in [-0.39, 0.29) is 30.6 Å². The Kier molecular flexibility index (Phi) is 6.58. The molecule has 1 N–H and O–H groups in total. The molecule has 1 heterocycles. The number of aliphatic hydroxyl groups excluding tert-OH is 1. The van der Waals surface area contributed by atoms with Crippen LogP contribution in [0.4, 0.5) is 0 Å². The first-order chi connectivity index (χ1) is 12.0. The van der Waals surface area contributed by atoms with Gasteiger partial charge < -0.3 is 29.1 Å². The number of aliphatic hydroxyl groups is 1. The van der Waals surface area contributed by atoms with Gasteiger partial charge in [0.25, 0.3) is 0 Å². The topological polar surface area (TPSA) is 24.1 Å². The fraction of sp³-hybridized carbons (Fsp3) is 0.261. The van der Waals surface area contributed by atoms with E-state index in [1.165, 1.54) is 44.3 Å². The number of hydrogen-bond acceptors (Lipinski definition) is 1. The summed E-state index contributed by atoms with van der Waals surface area (Å²) >= 11 is 0. The van der Waals surface area contributed by atoms with Gasteiger partial charge in [-0.2, -0.15) is 0 Å². The van der Waals surface area contributed by atoms with Crippen molar-refractivity contribution in [2.45, 2.75) is 34.3 Å². The highest BCUT2D eigenvalue weighted by Crippen LogP contribution is 2.28. The van der Waals surface area contributed by atoms with Gasteiger partial charge in [-0.25, -0.2) is 4.57 Å². The minimum atomic E-state index is 0. The molecule has 2 aromatic carbocycles. The SMILES string of the molecule is Cc1c(C)c(CO)c(C)c(C)c1/C=C/c1cc[n+](C)c2ccccc12.[I-]. The number of para-hydroxylation sites is 1. The quantitative estimate of drug-likeness (QED) is 0.467. The van der Waals surface area contributed by atoms with Gasteiger partial charge in [-0.15, -0.1) is 0 Å². The zero-order valence-electron chi connectivity index (χ0n) is 16.1. The molecule has 0 fully saturated rings. The van der Waals surface area contributed by atoms with E-state index in [1.54, 1.807) is 0 Å². The number of rotatable bonds is 3. The van der Waals surface area contributed by atoms with Gasteiger partial charge in [0.1, 0.15) is 7.05 Å². The lowest BCUT2D eigenvalue weighted by molar-refractivity contribution is -0.644. The van der Waals surface area contributed by atoms with Crippen molar-refractivity contribution < 1.29 is 33.7 Å². The Morgan fingerprint density at radius 2 is 1.50 bits per heavy atom. The van der Waals surface area contributed by atoms with Crippen molar-refractivity contribution in [3.63, 3.8) is 0 Å². The summed E-state index contributed by atoms with van der Waals surface area (Å²) < 4.78 is 2.15. The van der Waals surface area contributed by atoms with Crippen molar-refractivity contribution in [3.8, 4) is 0 Å². The Bertz CT molecular complexity index is 960. The molecule has 1 aromatic heterocycles. The van der Waals surface area contributed by atoms with Crippen LogP contribution in [0.5, 0.6) is 0 Å². The highest BCUT2D eigenvalue weighted by atomic mass is 127. The Labute approximate surface area is 173 Å². The number of benzene rings is 2. The highest BCUT2D eigenvalue weighted by Gasteiger charge is 2.13. The van der Waals surface area contributed by atoms with Crippen LogP contribution in [0.15, 0.2) is 36.5 Å². The molecule has 3 heteroatoms. The Morgan fingerprint density at radius 3 is 2.12 bits per heavy atom. The molecule has 0 amide bonds. The Balaban J connectivity index is 0.00000243. The fourth-order valence-corrected chi connectivity index (χ4v) is 3.61. The van der Waals surface area contributed by atoms with E-state index >= 15 is 0 Å². The summed E-state index contributed by atoms with van der Waals surface area (Å²) in [5.74, 6) is 0. The lowest BCUT2D eigenvalue weighted by Gasteiger charge is -2.17. The third-order valence-corrected chi connectivity index (χ3v) is 5.50. The average molecular weight is 459 g/mol. The number of hydrogen-bond donors (Lipinski definition) is 1. The van der Waals surface area contributed by atoms with E-state index in [4.69, 9.17) is 0 Å². The molecule has 0 unspecified atom stereocenters. The molecule has 0 bridgehead atoms. The van der Waals surface area contributed by atoms with Crippen LogP contribution in [0, 0.1) is 27.7 Å². The Hall–Kier alpha value is -1.72. The van der Waals surface area contributed by atoms with Crippen molar-refractivity contribution in [1.29, 1.82) is 0 Å². The third kappa shape index (κ3) is 3.55. The van der Waals surface area contributed by atoms with Gasteiger partial charge in [-0.05, 0) is 72.7 Å². The molecule has 3 aromatic rings. The van der Waals surface area contributed by atoms with E-state index in [9.17, 15) is 5.11 Å². The van der Waals surface area contributed by atoms with E-state index in [2.05, 4.69) is 88.0 Å². The average Bonchev–Trinajstić information content (AvgIpc) is 2.62. The lowest BCUT2D eigenvalue weighted by Crippen LogP contribution is -3.00. The summed E-state index contributed by atoms with van der Waals surface area (Å²) in [7, 11) is 2.07. The van der Waals surface area contributed by atoms with Crippen LogP contribution < -0.4 is 28.5 Å². The molecule has 26 heavy (non-hydrogen) atoms. The van der Waals surface area contributed by atoms with Gasteiger partial charge in [-0.1, -0.05) is 24.3 Å². The maximum absolute atomic E-state index is 9.67. The summed E-state index contributed by atoms with van der Waals surface area (Å²) in [5, 5.41) is 10.9. The molecule has 0 aliphatic heterocycles. The summed E-state index contributed by atoms with van der Waals surface area (Å²) in [4.78, 5) is 0. The van der Waals surface area contributed by atoms with Gasteiger partial charge in [0.2, 0.25) is 5.52 Å². The second-order valence-electron chi connectivity index (χ2n) is 6.78. The molecule has 136 valence electrons. The van der Waals surface area contributed by atoms with Crippen LogP contribution in [0.1, 0.15) is 38.9 Å². The number of aryl methyl sites for hydroxylation is 1. The van der Waals surface area contributed by atoms with Crippen LogP contribution in [0.25, 0.3) is 23.1 Å². The fourth-order valence-electron chi connectivity index (χ4n) is 3.61. The predicted octanol–water partition coefficient (Wildman–Crippen LogP) is 1.56. The maximum atomic E-state index is 9.67. The first-order valence-corrected chi connectivity index (χ1v) is 8.71. The van der Waals surface area contributed by atoms with Crippen LogP contribution in [0.2, 0.25) is 0 Å². The minimum absolute atomic E-state index is 0. The first-order valence-electron chi connectivity index (χ1n) is 8.71. The van der Waals surface area contributed by atoms with Crippen molar-refractivity contribution in [3.05, 3.63) is 75.5 Å². The molecule has 0 spiro atoms.